The van der Waals surface area contributed by atoms with Crippen molar-refractivity contribution in [3.8, 4) is 0 Å². The van der Waals surface area contributed by atoms with Gasteiger partial charge in [-0.3, -0.25) is 4.79 Å². The molecule has 0 saturated heterocycles. The number of rotatable bonds is 0. The Labute approximate surface area is 82.8 Å². The molecule has 0 N–H and O–H groups in total. The van der Waals surface area contributed by atoms with Crippen LogP contribution in [-0.2, 0) is 7.05 Å². The fourth-order valence-electron chi connectivity index (χ4n) is 1.76. The van der Waals surface area contributed by atoms with Gasteiger partial charge in [-0.1, -0.05) is 12.1 Å². The zero-order chi connectivity index (χ0) is 10.3. The van der Waals surface area contributed by atoms with E-state index in [0.717, 1.165) is 22.2 Å². The summed E-state index contributed by atoms with van der Waals surface area (Å²) in [6.07, 6.45) is 0. The van der Waals surface area contributed by atoms with E-state index >= 15 is 0 Å². The van der Waals surface area contributed by atoms with E-state index in [4.69, 9.17) is 0 Å². The molecule has 72 valence electrons. The third-order valence-electron chi connectivity index (χ3n) is 2.90. The van der Waals surface area contributed by atoms with Gasteiger partial charge in [0, 0.05) is 23.7 Å². The first kappa shape index (κ1) is 9.00. The van der Waals surface area contributed by atoms with Crippen molar-refractivity contribution >= 4 is 10.9 Å². The van der Waals surface area contributed by atoms with Gasteiger partial charge in [-0.25, -0.2) is 0 Å². The Morgan fingerprint density at radius 1 is 1.14 bits per heavy atom. The number of aromatic nitrogens is 1. The van der Waals surface area contributed by atoms with Gasteiger partial charge in [-0.05, 0) is 26.0 Å². The van der Waals surface area contributed by atoms with Crippen LogP contribution in [-0.4, -0.2) is 4.57 Å². The third-order valence-corrected chi connectivity index (χ3v) is 2.90. The van der Waals surface area contributed by atoms with Crippen LogP contribution in [0.25, 0.3) is 10.9 Å². The minimum atomic E-state index is 0.149. The molecule has 0 amide bonds. The fraction of sp³-hybridized carbons (Fsp3) is 0.250. The molecular formula is C12H13NO. The van der Waals surface area contributed by atoms with Gasteiger partial charge in [0.1, 0.15) is 0 Å². The van der Waals surface area contributed by atoms with Crippen LogP contribution in [0.2, 0.25) is 0 Å². The monoisotopic (exact) mass is 187 g/mol. The maximum atomic E-state index is 11.9. The predicted octanol–water partition coefficient (Wildman–Crippen LogP) is 2.16. The summed E-state index contributed by atoms with van der Waals surface area (Å²) in [7, 11) is 1.99. The van der Waals surface area contributed by atoms with Crippen LogP contribution >= 0.6 is 0 Å². The summed E-state index contributed by atoms with van der Waals surface area (Å²) in [4.78, 5) is 11.9. The topological polar surface area (TPSA) is 22.0 Å². The number of nitrogens with zero attached hydrogens (tertiary/aromatic N) is 1. The van der Waals surface area contributed by atoms with E-state index < -0.39 is 0 Å². The van der Waals surface area contributed by atoms with Gasteiger partial charge in [-0.15, -0.1) is 0 Å². The van der Waals surface area contributed by atoms with Crippen LogP contribution in [0, 0.1) is 13.8 Å². The number of fused-ring (bicyclic) bond motifs is 1. The zero-order valence-electron chi connectivity index (χ0n) is 8.66. The highest BCUT2D eigenvalue weighted by Gasteiger charge is 2.06. The zero-order valence-corrected chi connectivity index (χ0v) is 8.66. The smallest absolute Gasteiger partial charge is 0.192 e. The number of aryl methyl sites for hydroxylation is 1. The van der Waals surface area contributed by atoms with Crippen molar-refractivity contribution in [3.63, 3.8) is 0 Å². The molecule has 2 heteroatoms. The molecule has 2 aromatic rings. The highest BCUT2D eigenvalue weighted by atomic mass is 16.1. The maximum absolute atomic E-state index is 11.9. The van der Waals surface area contributed by atoms with Gasteiger partial charge >= 0.3 is 0 Å². The van der Waals surface area contributed by atoms with Crippen LogP contribution in [0.3, 0.4) is 0 Å². The summed E-state index contributed by atoms with van der Waals surface area (Å²) in [6, 6.07) is 7.71. The van der Waals surface area contributed by atoms with Gasteiger partial charge in [0.15, 0.2) is 5.43 Å². The first-order valence-electron chi connectivity index (χ1n) is 4.68. The van der Waals surface area contributed by atoms with Crippen LogP contribution in [0.4, 0.5) is 0 Å². The molecule has 2 nitrogen and oxygen atoms in total. The minimum absolute atomic E-state index is 0.149. The van der Waals surface area contributed by atoms with Gasteiger partial charge in [0.25, 0.3) is 0 Å². The molecule has 0 atom stereocenters. The average molecular weight is 187 g/mol. The second-order valence-electron chi connectivity index (χ2n) is 3.62. The van der Waals surface area contributed by atoms with Crippen molar-refractivity contribution in [2.24, 2.45) is 7.05 Å². The predicted molar refractivity (Wildman–Crippen MR) is 58.7 cm³/mol. The first-order chi connectivity index (χ1) is 6.63. The lowest BCUT2D eigenvalue weighted by Gasteiger charge is -2.11. The van der Waals surface area contributed by atoms with Crippen LogP contribution < -0.4 is 5.43 Å². The fourth-order valence-corrected chi connectivity index (χ4v) is 1.76. The Kier molecular flexibility index (Phi) is 1.92. The van der Waals surface area contributed by atoms with E-state index in [0.29, 0.717) is 0 Å². The number of hydrogen-bond donors (Lipinski definition) is 0. The second kappa shape index (κ2) is 2.98. The molecule has 0 spiro atoms. The van der Waals surface area contributed by atoms with Gasteiger partial charge in [0.2, 0.25) is 0 Å². The summed E-state index contributed by atoms with van der Waals surface area (Å²) >= 11 is 0. The molecule has 0 bridgehead atoms. The summed E-state index contributed by atoms with van der Waals surface area (Å²) in [5.74, 6) is 0. The average Bonchev–Trinajstić information content (AvgIpc) is 2.23. The summed E-state index contributed by atoms with van der Waals surface area (Å²) in [5, 5.41) is 0.804. The molecule has 2 rings (SSSR count). The number of para-hydroxylation sites is 1. The molecule has 14 heavy (non-hydrogen) atoms. The normalized spacial score (nSPS) is 10.8. The molecule has 0 saturated carbocycles. The van der Waals surface area contributed by atoms with Crippen molar-refractivity contribution < 1.29 is 0 Å². The lowest BCUT2D eigenvalue weighted by molar-refractivity contribution is 0.884. The van der Waals surface area contributed by atoms with Crippen molar-refractivity contribution in [1.82, 2.24) is 4.57 Å². The molecule has 0 unspecified atom stereocenters. The quantitative estimate of drug-likeness (QED) is 0.619. The molecular weight excluding hydrogens is 174 g/mol. The lowest BCUT2D eigenvalue weighted by Crippen LogP contribution is -2.14. The van der Waals surface area contributed by atoms with E-state index in [9.17, 15) is 4.79 Å². The third kappa shape index (κ3) is 1.07. The number of benzene rings is 1. The minimum Gasteiger partial charge on any atom is -0.347 e. The molecule has 0 aliphatic heterocycles. The lowest BCUT2D eigenvalue weighted by atomic mass is 10.1. The Balaban J connectivity index is 3.10. The van der Waals surface area contributed by atoms with E-state index in [2.05, 4.69) is 4.57 Å². The van der Waals surface area contributed by atoms with Crippen molar-refractivity contribution in [1.29, 1.82) is 0 Å². The van der Waals surface area contributed by atoms with Crippen molar-refractivity contribution in [2.75, 3.05) is 0 Å². The van der Waals surface area contributed by atoms with E-state index in [-0.39, 0.29) is 5.43 Å². The molecule has 1 heterocycles. The highest BCUT2D eigenvalue weighted by Crippen LogP contribution is 2.13. The molecule has 0 aliphatic carbocycles. The summed E-state index contributed by atoms with van der Waals surface area (Å²) in [5.41, 5.74) is 3.02. The van der Waals surface area contributed by atoms with Crippen LogP contribution in [0.15, 0.2) is 29.1 Å². The molecule has 0 aliphatic rings. The Morgan fingerprint density at radius 2 is 1.79 bits per heavy atom. The maximum Gasteiger partial charge on any atom is 0.192 e. The largest absolute Gasteiger partial charge is 0.347 e. The molecule has 0 fully saturated rings. The van der Waals surface area contributed by atoms with Crippen molar-refractivity contribution in [3.05, 3.63) is 45.7 Å². The molecule has 1 aromatic carbocycles. The van der Waals surface area contributed by atoms with Crippen LogP contribution in [0.1, 0.15) is 11.3 Å². The highest BCUT2D eigenvalue weighted by molar-refractivity contribution is 5.79. The molecule has 0 radical (unpaired) electrons. The SMILES string of the molecule is Cc1c(C)n(C)c2ccccc2c1=O. The number of hydrogen-bond acceptors (Lipinski definition) is 1. The molecule has 1 aromatic heterocycles. The van der Waals surface area contributed by atoms with Gasteiger partial charge in [0.05, 0.1) is 5.52 Å². The standard InChI is InChI=1S/C12H13NO/c1-8-9(2)13(3)11-7-5-4-6-10(11)12(8)14/h4-7H,1-3H3. The van der Waals surface area contributed by atoms with Crippen LogP contribution in [0.5, 0.6) is 0 Å². The van der Waals surface area contributed by atoms with Crippen molar-refractivity contribution in [2.45, 2.75) is 13.8 Å². The van der Waals surface area contributed by atoms with Gasteiger partial charge < -0.3 is 4.57 Å². The Morgan fingerprint density at radius 3 is 2.50 bits per heavy atom. The second-order valence-corrected chi connectivity index (χ2v) is 3.62. The van der Waals surface area contributed by atoms with Gasteiger partial charge in [-0.2, -0.15) is 0 Å². The van der Waals surface area contributed by atoms with E-state index in [1.54, 1.807) is 0 Å². The van der Waals surface area contributed by atoms with E-state index in [1.807, 2.05) is 45.2 Å². The summed E-state index contributed by atoms with van der Waals surface area (Å²) in [6.45, 7) is 3.85. The first-order valence-corrected chi connectivity index (χ1v) is 4.68. The summed E-state index contributed by atoms with van der Waals surface area (Å²) < 4.78 is 2.06. The number of pyridine rings is 1. The van der Waals surface area contributed by atoms with E-state index in [1.165, 1.54) is 0 Å². The Hall–Kier alpha value is -1.57. The Bertz CT molecular complexity index is 552.